The molecule has 0 unspecified atom stereocenters. The number of fused-ring (bicyclic) bond motifs is 1. The van der Waals surface area contributed by atoms with Gasteiger partial charge in [0.25, 0.3) is 0 Å². The summed E-state index contributed by atoms with van der Waals surface area (Å²) in [6.07, 6.45) is -2.62. The second kappa shape index (κ2) is 12.1. The summed E-state index contributed by atoms with van der Waals surface area (Å²) in [5, 5.41) is 9.55. The van der Waals surface area contributed by atoms with Crippen LogP contribution in [0.5, 0.6) is 0 Å². The summed E-state index contributed by atoms with van der Waals surface area (Å²) in [5.41, 5.74) is 5.67. The minimum absolute atomic E-state index is 0.178. The zero-order chi connectivity index (χ0) is 29.1. The van der Waals surface area contributed by atoms with E-state index in [2.05, 4.69) is 17.0 Å². The lowest BCUT2D eigenvalue weighted by molar-refractivity contribution is -0.127. The van der Waals surface area contributed by atoms with E-state index in [1.54, 1.807) is 18.2 Å². The first kappa shape index (κ1) is 29.0. The fraction of sp³-hybridized carbons (Fsp3) is 0.364. The lowest BCUT2D eigenvalue weighted by atomic mass is 9.85. The number of alkyl halides is 4. The maximum absolute atomic E-state index is 14.4. The van der Waals surface area contributed by atoms with Crippen molar-refractivity contribution in [3.63, 3.8) is 0 Å². The van der Waals surface area contributed by atoms with E-state index in [-0.39, 0.29) is 12.2 Å². The number of rotatable bonds is 9. The van der Waals surface area contributed by atoms with Gasteiger partial charge in [-0.15, -0.1) is 0 Å². The Labute approximate surface area is 236 Å². The Hall–Kier alpha value is -3.52. The van der Waals surface area contributed by atoms with Crippen molar-refractivity contribution in [3.05, 3.63) is 105 Å². The normalized spacial score (nSPS) is 16.3. The molecule has 1 fully saturated rings. The summed E-state index contributed by atoms with van der Waals surface area (Å²) in [4.78, 5) is 13.9. The molecule has 0 radical (unpaired) electrons. The number of halogens is 5. The predicted octanol–water partition coefficient (Wildman–Crippen LogP) is 7.76. The van der Waals surface area contributed by atoms with Gasteiger partial charge in [0.1, 0.15) is 5.82 Å². The third kappa shape index (κ3) is 6.87. The Morgan fingerprint density at radius 1 is 0.951 bits per heavy atom. The van der Waals surface area contributed by atoms with E-state index in [9.17, 15) is 31.9 Å². The highest BCUT2D eigenvalue weighted by atomic mass is 19.4. The molecule has 41 heavy (non-hydrogen) atoms. The van der Waals surface area contributed by atoms with Crippen LogP contribution < -0.4 is 0 Å². The summed E-state index contributed by atoms with van der Waals surface area (Å²) in [6.45, 7) is 2.37. The molecule has 8 heteroatoms. The number of nitrogens with zero attached hydrogens (tertiary/aromatic N) is 1. The van der Waals surface area contributed by atoms with Crippen LogP contribution in [-0.4, -0.2) is 48.5 Å². The van der Waals surface area contributed by atoms with Crippen molar-refractivity contribution < 1.29 is 31.9 Å². The fourth-order valence-electron chi connectivity index (χ4n) is 6.07. The van der Waals surface area contributed by atoms with Gasteiger partial charge < -0.3 is 10.0 Å². The van der Waals surface area contributed by atoms with E-state index >= 15 is 0 Å². The molecule has 0 spiro atoms. The first-order chi connectivity index (χ1) is 19.6. The standard InChI is InChI=1S/C33H32F5NO2/c34-13-2-14-39-19-22(20-39)15-21-5-7-23(8-6-21)31-28(25-10-12-30(35)27(17-25)18-33(36,37)38)4-1-3-24-16-26(32(40)41)9-11-29(24)31/h5-12,16-17,22H,1-4,13-15,18-20H2,(H,40,41). The third-order valence-electron chi connectivity index (χ3n) is 7.99. The number of aryl methyl sites for hydroxylation is 1. The maximum atomic E-state index is 14.4. The van der Waals surface area contributed by atoms with Gasteiger partial charge in [-0.05, 0) is 107 Å². The van der Waals surface area contributed by atoms with Crippen LogP contribution in [0.2, 0.25) is 0 Å². The highest BCUT2D eigenvalue weighted by Crippen LogP contribution is 2.41. The number of hydrogen-bond acceptors (Lipinski definition) is 2. The van der Waals surface area contributed by atoms with Gasteiger partial charge in [-0.25, -0.2) is 9.18 Å². The average Bonchev–Trinajstić information content (AvgIpc) is 3.10. The SMILES string of the molecule is O=C(O)c1ccc2c(c1)CCCC(c1ccc(F)c(CC(F)(F)F)c1)=C2c1ccc(CC2CN(CCCF)C2)cc1. The Bertz CT molecular complexity index is 1440. The quantitative estimate of drug-likeness (QED) is 0.268. The molecule has 0 saturated carbocycles. The smallest absolute Gasteiger partial charge is 0.393 e. The number of likely N-dealkylation sites (tertiary alicyclic amines) is 1. The van der Waals surface area contributed by atoms with Crippen molar-refractivity contribution in [3.8, 4) is 0 Å². The molecule has 3 aromatic carbocycles. The van der Waals surface area contributed by atoms with Crippen LogP contribution in [0.25, 0.3) is 11.1 Å². The maximum Gasteiger partial charge on any atom is 0.393 e. The average molecular weight is 570 g/mol. The molecule has 1 saturated heterocycles. The van der Waals surface area contributed by atoms with Crippen molar-refractivity contribution in [1.82, 2.24) is 4.90 Å². The van der Waals surface area contributed by atoms with Crippen LogP contribution in [-0.2, 0) is 19.3 Å². The van der Waals surface area contributed by atoms with Gasteiger partial charge in [-0.1, -0.05) is 36.4 Å². The largest absolute Gasteiger partial charge is 0.478 e. The zero-order valence-electron chi connectivity index (χ0n) is 22.6. The highest BCUT2D eigenvalue weighted by molar-refractivity contribution is 6.00. The van der Waals surface area contributed by atoms with Crippen LogP contribution in [0, 0.1) is 11.7 Å². The van der Waals surface area contributed by atoms with Gasteiger partial charge in [-0.2, -0.15) is 13.2 Å². The molecular formula is C33H32F5NO2. The number of carboxylic acid groups (broad SMARTS) is 1. The number of allylic oxidation sites excluding steroid dienone is 1. The minimum atomic E-state index is -4.54. The second-order valence-corrected chi connectivity index (χ2v) is 11.1. The molecule has 1 aliphatic heterocycles. The van der Waals surface area contributed by atoms with Crippen LogP contribution in [0.1, 0.15) is 63.0 Å². The predicted molar refractivity (Wildman–Crippen MR) is 149 cm³/mol. The molecule has 1 heterocycles. The number of carboxylic acids is 1. The Balaban J connectivity index is 1.53. The first-order valence-corrected chi connectivity index (χ1v) is 13.9. The topological polar surface area (TPSA) is 40.5 Å². The molecule has 0 amide bonds. The molecule has 216 valence electrons. The third-order valence-corrected chi connectivity index (χ3v) is 7.99. The lowest BCUT2D eigenvalue weighted by Gasteiger charge is -2.39. The van der Waals surface area contributed by atoms with Crippen molar-refractivity contribution in [1.29, 1.82) is 0 Å². The molecule has 2 aliphatic rings. The first-order valence-electron chi connectivity index (χ1n) is 13.9. The molecule has 5 rings (SSSR count). The summed E-state index contributed by atoms with van der Waals surface area (Å²) in [6, 6.07) is 17.0. The van der Waals surface area contributed by atoms with Crippen LogP contribution >= 0.6 is 0 Å². The van der Waals surface area contributed by atoms with Gasteiger partial charge in [-0.3, -0.25) is 4.39 Å². The van der Waals surface area contributed by atoms with E-state index < -0.39 is 29.9 Å². The molecule has 0 atom stereocenters. The van der Waals surface area contributed by atoms with Gasteiger partial charge >= 0.3 is 12.1 Å². The van der Waals surface area contributed by atoms with E-state index in [1.807, 2.05) is 12.1 Å². The number of carbonyl (C=O) groups is 1. The Morgan fingerprint density at radius 2 is 1.68 bits per heavy atom. The summed E-state index contributed by atoms with van der Waals surface area (Å²) in [7, 11) is 0. The van der Waals surface area contributed by atoms with Crippen LogP contribution in [0.3, 0.4) is 0 Å². The van der Waals surface area contributed by atoms with Crippen LogP contribution in [0.15, 0.2) is 60.7 Å². The van der Waals surface area contributed by atoms with Crippen molar-refractivity contribution in [2.75, 3.05) is 26.3 Å². The van der Waals surface area contributed by atoms with Gasteiger partial charge in [0, 0.05) is 19.6 Å². The number of aromatic carboxylic acids is 1. The van der Waals surface area contributed by atoms with Gasteiger partial charge in [0.05, 0.1) is 18.7 Å². The molecule has 0 aromatic heterocycles. The Kier molecular flexibility index (Phi) is 8.59. The van der Waals surface area contributed by atoms with E-state index in [4.69, 9.17) is 0 Å². The molecule has 3 nitrogen and oxygen atoms in total. The van der Waals surface area contributed by atoms with E-state index in [0.29, 0.717) is 37.2 Å². The van der Waals surface area contributed by atoms with Gasteiger partial charge in [0.15, 0.2) is 0 Å². The number of benzene rings is 3. The van der Waals surface area contributed by atoms with E-state index in [0.717, 1.165) is 65.5 Å². The number of hydrogen-bond donors (Lipinski definition) is 1. The van der Waals surface area contributed by atoms with Crippen molar-refractivity contribution in [2.24, 2.45) is 5.92 Å². The summed E-state index contributed by atoms with van der Waals surface area (Å²) in [5.74, 6) is -1.41. The minimum Gasteiger partial charge on any atom is -0.478 e. The molecule has 1 aliphatic carbocycles. The second-order valence-electron chi connectivity index (χ2n) is 11.1. The monoisotopic (exact) mass is 569 g/mol. The molecule has 1 N–H and O–H groups in total. The molecular weight excluding hydrogens is 537 g/mol. The zero-order valence-corrected chi connectivity index (χ0v) is 22.6. The molecule has 0 bridgehead atoms. The summed E-state index contributed by atoms with van der Waals surface area (Å²) < 4.78 is 66.4. The Morgan fingerprint density at radius 3 is 2.37 bits per heavy atom. The lowest BCUT2D eigenvalue weighted by Crippen LogP contribution is -2.47. The highest BCUT2D eigenvalue weighted by Gasteiger charge is 2.30. The van der Waals surface area contributed by atoms with Gasteiger partial charge in [0.2, 0.25) is 0 Å². The van der Waals surface area contributed by atoms with Crippen molar-refractivity contribution >= 4 is 17.1 Å². The summed E-state index contributed by atoms with van der Waals surface area (Å²) >= 11 is 0. The van der Waals surface area contributed by atoms with Crippen molar-refractivity contribution in [2.45, 2.75) is 44.7 Å². The van der Waals surface area contributed by atoms with Crippen LogP contribution in [0.4, 0.5) is 22.0 Å². The molecule has 3 aromatic rings. The van der Waals surface area contributed by atoms with E-state index in [1.165, 1.54) is 12.1 Å². The fourth-order valence-corrected chi connectivity index (χ4v) is 6.07.